The summed E-state index contributed by atoms with van der Waals surface area (Å²) >= 11 is 0. The molecular formula is C14H20. The summed E-state index contributed by atoms with van der Waals surface area (Å²) in [6, 6.07) is 0. The van der Waals surface area contributed by atoms with Crippen LogP contribution in [0.15, 0.2) is 11.1 Å². The van der Waals surface area contributed by atoms with Gasteiger partial charge in [-0.3, -0.25) is 0 Å². The van der Waals surface area contributed by atoms with Gasteiger partial charge in [0.1, 0.15) is 0 Å². The van der Waals surface area contributed by atoms with Gasteiger partial charge in [-0.25, -0.2) is 0 Å². The zero-order chi connectivity index (χ0) is 9.23. The van der Waals surface area contributed by atoms with E-state index in [4.69, 9.17) is 0 Å². The highest BCUT2D eigenvalue weighted by atomic mass is 14.6. The lowest BCUT2D eigenvalue weighted by molar-refractivity contribution is 0.549. The van der Waals surface area contributed by atoms with Crippen LogP contribution in [0.4, 0.5) is 0 Å². The van der Waals surface area contributed by atoms with Gasteiger partial charge in [0.05, 0.1) is 0 Å². The van der Waals surface area contributed by atoms with Crippen LogP contribution in [0, 0.1) is 10.8 Å². The van der Waals surface area contributed by atoms with Crippen molar-refractivity contribution in [3.05, 3.63) is 11.1 Å². The Bertz CT molecular complexity index is 277. The first-order valence-corrected chi connectivity index (χ1v) is 6.58. The van der Waals surface area contributed by atoms with Crippen LogP contribution in [-0.2, 0) is 0 Å². The molecule has 2 spiro atoms. The summed E-state index contributed by atoms with van der Waals surface area (Å²) < 4.78 is 0. The van der Waals surface area contributed by atoms with Crippen LogP contribution >= 0.6 is 0 Å². The maximum absolute atomic E-state index is 1.97. The van der Waals surface area contributed by atoms with Gasteiger partial charge in [0, 0.05) is 0 Å². The first kappa shape index (κ1) is 7.96. The van der Waals surface area contributed by atoms with Gasteiger partial charge in [-0.1, -0.05) is 36.8 Å². The predicted octanol–water partition coefficient (Wildman–Crippen LogP) is 4.21. The van der Waals surface area contributed by atoms with Crippen molar-refractivity contribution in [2.75, 3.05) is 0 Å². The molecule has 0 aromatic rings. The molecule has 4 rings (SSSR count). The minimum Gasteiger partial charge on any atom is -0.0630 e. The number of hydrogen-bond acceptors (Lipinski definition) is 0. The fourth-order valence-electron chi connectivity index (χ4n) is 4.50. The smallest absolute Gasteiger partial charge is 0.00474 e. The van der Waals surface area contributed by atoms with Crippen molar-refractivity contribution < 1.29 is 0 Å². The summed E-state index contributed by atoms with van der Waals surface area (Å²) in [5.41, 5.74) is 5.55. The van der Waals surface area contributed by atoms with Crippen molar-refractivity contribution in [1.82, 2.24) is 0 Å². The summed E-state index contributed by atoms with van der Waals surface area (Å²) in [6.07, 6.45) is 15.3. The summed E-state index contributed by atoms with van der Waals surface area (Å²) in [5, 5.41) is 0. The molecule has 0 aromatic carbocycles. The van der Waals surface area contributed by atoms with Crippen molar-refractivity contribution in [3.8, 4) is 0 Å². The third-order valence-electron chi connectivity index (χ3n) is 5.55. The first-order valence-electron chi connectivity index (χ1n) is 6.58. The molecule has 4 fully saturated rings. The van der Waals surface area contributed by atoms with Gasteiger partial charge >= 0.3 is 0 Å². The van der Waals surface area contributed by atoms with Crippen molar-refractivity contribution in [1.29, 1.82) is 0 Å². The molecule has 4 aliphatic rings. The molecule has 4 aliphatic carbocycles. The fraction of sp³-hybridized carbons (Fsp3) is 0.857. The normalized spacial score (nSPS) is 41.1. The third-order valence-corrected chi connectivity index (χ3v) is 5.55. The van der Waals surface area contributed by atoms with Crippen LogP contribution in [-0.4, -0.2) is 0 Å². The monoisotopic (exact) mass is 188 g/mol. The molecule has 0 amide bonds. The molecule has 0 N–H and O–H groups in total. The lowest BCUT2D eigenvalue weighted by atomic mass is 10.0. The van der Waals surface area contributed by atoms with E-state index >= 15 is 0 Å². The standard InChI is InChI=1S/C14H20/c1-2-6-13(5-1)9-11(13)12-10-14(12)7-3-4-8-14/h1-10H2/b12-11-. The van der Waals surface area contributed by atoms with E-state index < -0.39 is 0 Å². The third kappa shape index (κ3) is 0.857. The van der Waals surface area contributed by atoms with Gasteiger partial charge < -0.3 is 0 Å². The van der Waals surface area contributed by atoms with Crippen LogP contribution in [0.5, 0.6) is 0 Å². The quantitative estimate of drug-likeness (QED) is 0.499. The zero-order valence-corrected chi connectivity index (χ0v) is 9.07. The van der Waals surface area contributed by atoms with Crippen LogP contribution in [0.1, 0.15) is 64.2 Å². The molecule has 0 heterocycles. The van der Waals surface area contributed by atoms with Crippen LogP contribution in [0.3, 0.4) is 0 Å². The molecule has 0 unspecified atom stereocenters. The highest BCUT2D eigenvalue weighted by Crippen LogP contribution is 2.73. The van der Waals surface area contributed by atoms with E-state index in [2.05, 4.69) is 0 Å². The van der Waals surface area contributed by atoms with E-state index in [-0.39, 0.29) is 0 Å². The fourth-order valence-corrected chi connectivity index (χ4v) is 4.50. The topological polar surface area (TPSA) is 0 Å². The Labute approximate surface area is 86.8 Å². The maximum Gasteiger partial charge on any atom is -0.00474 e. The molecule has 0 atom stereocenters. The van der Waals surface area contributed by atoms with Gasteiger partial charge in [0.25, 0.3) is 0 Å². The molecule has 4 saturated carbocycles. The molecule has 0 aromatic heterocycles. The molecule has 0 radical (unpaired) electrons. The molecule has 0 aliphatic heterocycles. The maximum atomic E-state index is 1.97. The Morgan fingerprint density at radius 3 is 1.29 bits per heavy atom. The average Bonchev–Trinajstić information content (AvgIpc) is 2.82. The van der Waals surface area contributed by atoms with Gasteiger partial charge in [0.15, 0.2) is 0 Å². The van der Waals surface area contributed by atoms with Gasteiger partial charge in [-0.15, -0.1) is 0 Å². The molecule has 76 valence electrons. The molecule has 0 nitrogen and oxygen atoms in total. The minimum atomic E-state index is 0.807. The first-order chi connectivity index (χ1) is 6.85. The van der Waals surface area contributed by atoms with E-state index in [1.807, 2.05) is 11.1 Å². The van der Waals surface area contributed by atoms with E-state index in [9.17, 15) is 0 Å². The minimum absolute atomic E-state index is 0.807. The molecule has 14 heavy (non-hydrogen) atoms. The Morgan fingerprint density at radius 1 is 0.571 bits per heavy atom. The van der Waals surface area contributed by atoms with Crippen molar-refractivity contribution in [2.45, 2.75) is 64.2 Å². The molecule has 0 heteroatoms. The second-order valence-corrected chi connectivity index (χ2v) is 6.29. The Hall–Kier alpha value is -0.260. The second kappa shape index (κ2) is 2.28. The van der Waals surface area contributed by atoms with Crippen LogP contribution < -0.4 is 0 Å². The van der Waals surface area contributed by atoms with E-state index in [1.54, 1.807) is 25.7 Å². The van der Waals surface area contributed by atoms with Crippen LogP contribution in [0.25, 0.3) is 0 Å². The largest absolute Gasteiger partial charge is 0.0630 e. The van der Waals surface area contributed by atoms with Gasteiger partial charge in [0.2, 0.25) is 0 Å². The van der Waals surface area contributed by atoms with E-state index in [0.29, 0.717) is 0 Å². The zero-order valence-electron chi connectivity index (χ0n) is 9.07. The lowest BCUT2D eigenvalue weighted by Crippen LogP contribution is -1.93. The Kier molecular flexibility index (Phi) is 1.30. The molecule has 0 saturated heterocycles. The highest BCUT2D eigenvalue weighted by molar-refractivity contribution is 5.49. The Morgan fingerprint density at radius 2 is 0.929 bits per heavy atom. The van der Waals surface area contributed by atoms with Gasteiger partial charge in [-0.05, 0) is 49.4 Å². The average molecular weight is 188 g/mol. The summed E-state index contributed by atoms with van der Waals surface area (Å²) in [7, 11) is 0. The lowest BCUT2D eigenvalue weighted by Gasteiger charge is -2.04. The predicted molar refractivity (Wildman–Crippen MR) is 58.1 cm³/mol. The molecular weight excluding hydrogens is 168 g/mol. The summed E-state index contributed by atoms with van der Waals surface area (Å²) in [5.74, 6) is 0. The number of rotatable bonds is 0. The van der Waals surface area contributed by atoms with Crippen molar-refractivity contribution >= 4 is 0 Å². The van der Waals surface area contributed by atoms with Crippen molar-refractivity contribution in [3.63, 3.8) is 0 Å². The summed E-state index contributed by atoms with van der Waals surface area (Å²) in [4.78, 5) is 0. The van der Waals surface area contributed by atoms with E-state index in [1.165, 1.54) is 38.5 Å². The number of allylic oxidation sites excluding steroid dienone is 2. The highest BCUT2D eigenvalue weighted by Gasteiger charge is 2.60. The van der Waals surface area contributed by atoms with Crippen LogP contribution in [0.2, 0.25) is 0 Å². The van der Waals surface area contributed by atoms with E-state index in [0.717, 1.165) is 10.8 Å². The van der Waals surface area contributed by atoms with Crippen molar-refractivity contribution in [2.24, 2.45) is 10.8 Å². The van der Waals surface area contributed by atoms with Gasteiger partial charge in [-0.2, -0.15) is 0 Å². The SMILES string of the molecule is C1CCC2(C1)C/C2=C1\CC12CCCC2. The Balaban J connectivity index is 1.63. The second-order valence-electron chi connectivity index (χ2n) is 6.29. The number of hydrogen-bond donors (Lipinski definition) is 0. The summed E-state index contributed by atoms with van der Waals surface area (Å²) in [6.45, 7) is 0. The molecule has 0 bridgehead atoms.